The molecular formula is C23H21ClFN3O2. The molecule has 30 heavy (non-hydrogen) atoms. The number of carbonyl (C=O) groups is 1. The lowest BCUT2D eigenvalue weighted by Crippen LogP contribution is -2.35. The molecule has 5 rings (SSSR count). The maximum Gasteiger partial charge on any atom is 0.219 e. The Balaban J connectivity index is 1.67. The van der Waals surface area contributed by atoms with E-state index in [1.165, 1.54) is 12.1 Å². The van der Waals surface area contributed by atoms with Crippen LogP contribution in [0.2, 0.25) is 5.02 Å². The summed E-state index contributed by atoms with van der Waals surface area (Å²) in [5.74, 6) is -0.302. The molecule has 2 aromatic carbocycles. The molecule has 1 aliphatic carbocycles. The molecule has 0 saturated carbocycles. The molecule has 2 atom stereocenters. The molecule has 7 heteroatoms. The molecule has 3 aromatic rings. The maximum atomic E-state index is 13.5. The lowest BCUT2D eigenvalue weighted by Gasteiger charge is -2.28. The Kier molecular flexibility index (Phi) is 4.64. The van der Waals surface area contributed by atoms with Crippen molar-refractivity contribution in [2.45, 2.75) is 38.5 Å². The summed E-state index contributed by atoms with van der Waals surface area (Å²) < 4.78 is 15.4. The number of amides is 1. The van der Waals surface area contributed by atoms with E-state index in [0.717, 1.165) is 33.6 Å². The van der Waals surface area contributed by atoms with E-state index >= 15 is 0 Å². The number of hydrogen-bond acceptors (Lipinski definition) is 3. The van der Waals surface area contributed by atoms with Crippen LogP contribution >= 0.6 is 11.6 Å². The standard InChI is InChI=1S/C23H21ClFN3O2/c1-13(29)27-9-8-20-19(12-27)22(14-3-6-17(25)7-4-14)26-28(20)23-18-11-16(24)5-2-15(18)10-21(23)30/h2-7,11,21,23,30H,8-10,12H2,1H3/t21-,23-/m1/s1. The van der Waals surface area contributed by atoms with E-state index in [-0.39, 0.29) is 17.8 Å². The van der Waals surface area contributed by atoms with E-state index in [1.807, 2.05) is 22.9 Å². The van der Waals surface area contributed by atoms with Gasteiger partial charge in [-0.2, -0.15) is 5.10 Å². The Labute approximate surface area is 178 Å². The Bertz CT molecular complexity index is 1140. The van der Waals surface area contributed by atoms with E-state index < -0.39 is 6.10 Å². The zero-order valence-electron chi connectivity index (χ0n) is 16.5. The largest absolute Gasteiger partial charge is 0.390 e. The first-order valence-corrected chi connectivity index (χ1v) is 10.4. The zero-order valence-corrected chi connectivity index (χ0v) is 17.2. The van der Waals surface area contributed by atoms with Crippen LogP contribution in [-0.2, 0) is 24.2 Å². The number of nitrogens with zero attached hydrogens (tertiary/aromatic N) is 3. The molecule has 1 aliphatic heterocycles. The van der Waals surface area contributed by atoms with Gasteiger partial charge in [-0.3, -0.25) is 9.48 Å². The molecule has 2 heterocycles. The molecular weight excluding hydrogens is 405 g/mol. The lowest BCUT2D eigenvalue weighted by atomic mass is 10.00. The van der Waals surface area contributed by atoms with Gasteiger partial charge < -0.3 is 10.0 Å². The topological polar surface area (TPSA) is 58.4 Å². The van der Waals surface area contributed by atoms with Crippen LogP contribution in [0.4, 0.5) is 4.39 Å². The van der Waals surface area contributed by atoms with Crippen LogP contribution in [0, 0.1) is 5.82 Å². The van der Waals surface area contributed by atoms with Gasteiger partial charge in [0.2, 0.25) is 5.91 Å². The smallest absolute Gasteiger partial charge is 0.219 e. The monoisotopic (exact) mass is 425 g/mol. The van der Waals surface area contributed by atoms with Gasteiger partial charge in [0, 0.05) is 54.7 Å². The zero-order chi connectivity index (χ0) is 21.0. The van der Waals surface area contributed by atoms with Gasteiger partial charge in [0.1, 0.15) is 11.9 Å². The highest BCUT2D eigenvalue weighted by molar-refractivity contribution is 6.30. The second-order valence-corrected chi connectivity index (χ2v) is 8.41. The number of rotatable bonds is 2. The first-order chi connectivity index (χ1) is 14.4. The first kappa shape index (κ1) is 19.3. The van der Waals surface area contributed by atoms with Crippen molar-refractivity contribution in [2.75, 3.05) is 6.54 Å². The number of benzene rings is 2. The van der Waals surface area contributed by atoms with Crippen LogP contribution in [0.1, 0.15) is 35.3 Å². The predicted octanol–water partition coefficient (Wildman–Crippen LogP) is 3.75. The molecule has 0 fully saturated rings. The molecule has 5 nitrogen and oxygen atoms in total. The van der Waals surface area contributed by atoms with Gasteiger partial charge in [0.05, 0.1) is 11.8 Å². The number of aliphatic hydroxyl groups excluding tert-OH is 1. The third-order valence-electron chi connectivity index (χ3n) is 6.13. The summed E-state index contributed by atoms with van der Waals surface area (Å²) in [7, 11) is 0. The third kappa shape index (κ3) is 3.11. The number of hydrogen-bond donors (Lipinski definition) is 1. The molecule has 154 valence electrons. The van der Waals surface area contributed by atoms with Crippen molar-refractivity contribution >= 4 is 17.5 Å². The minimum Gasteiger partial charge on any atom is -0.390 e. The number of halogens is 2. The van der Waals surface area contributed by atoms with Crippen molar-refractivity contribution < 1.29 is 14.3 Å². The fourth-order valence-corrected chi connectivity index (χ4v) is 4.83. The van der Waals surface area contributed by atoms with Gasteiger partial charge in [-0.15, -0.1) is 0 Å². The molecule has 1 aromatic heterocycles. The fourth-order valence-electron chi connectivity index (χ4n) is 4.65. The molecule has 0 radical (unpaired) electrons. The summed E-state index contributed by atoms with van der Waals surface area (Å²) in [5.41, 5.74) is 5.49. The molecule has 2 aliphatic rings. The van der Waals surface area contributed by atoms with Crippen molar-refractivity contribution in [3.05, 3.63) is 75.7 Å². The average molecular weight is 426 g/mol. The van der Waals surface area contributed by atoms with Crippen LogP contribution in [0.15, 0.2) is 42.5 Å². The van der Waals surface area contributed by atoms with Crippen LogP contribution in [0.25, 0.3) is 11.3 Å². The van der Waals surface area contributed by atoms with E-state index in [4.69, 9.17) is 16.7 Å². The van der Waals surface area contributed by atoms with Crippen molar-refractivity contribution in [1.29, 1.82) is 0 Å². The van der Waals surface area contributed by atoms with Gasteiger partial charge in [0.25, 0.3) is 0 Å². The molecule has 1 amide bonds. The Morgan fingerprint density at radius 3 is 2.73 bits per heavy atom. The first-order valence-electron chi connectivity index (χ1n) is 10.0. The lowest BCUT2D eigenvalue weighted by molar-refractivity contribution is -0.129. The highest BCUT2D eigenvalue weighted by Crippen LogP contribution is 2.40. The molecule has 0 bridgehead atoms. The third-order valence-corrected chi connectivity index (χ3v) is 6.37. The van der Waals surface area contributed by atoms with E-state index in [0.29, 0.717) is 31.0 Å². The van der Waals surface area contributed by atoms with Gasteiger partial charge in [-0.05, 0) is 47.5 Å². The number of fused-ring (bicyclic) bond motifs is 2. The van der Waals surface area contributed by atoms with Crippen molar-refractivity contribution in [1.82, 2.24) is 14.7 Å². The van der Waals surface area contributed by atoms with E-state index in [9.17, 15) is 14.3 Å². The normalized spacial score (nSPS) is 20.2. The van der Waals surface area contributed by atoms with Gasteiger partial charge in [0.15, 0.2) is 0 Å². The Hall–Kier alpha value is -2.70. The van der Waals surface area contributed by atoms with Crippen molar-refractivity contribution in [3.8, 4) is 11.3 Å². The van der Waals surface area contributed by atoms with E-state index in [1.54, 1.807) is 24.0 Å². The van der Waals surface area contributed by atoms with Crippen molar-refractivity contribution in [2.24, 2.45) is 0 Å². The van der Waals surface area contributed by atoms with Gasteiger partial charge in [-0.1, -0.05) is 17.7 Å². The maximum absolute atomic E-state index is 13.5. The average Bonchev–Trinajstić information content (AvgIpc) is 3.24. The van der Waals surface area contributed by atoms with Crippen LogP contribution in [0.3, 0.4) is 0 Å². The predicted molar refractivity (Wildman–Crippen MR) is 112 cm³/mol. The fraction of sp³-hybridized carbons (Fsp3) is 0.304. The van der Waals surface area contributed by atoms with Crippen LogP contribution < -0.4 is 0 Å². The van der Waals surface area contributed by atoms with Gasteiger partial charge >= 0.3 is 0 Å². The summed E-state index contributed by atoms with van der Waals surface area (Å²) >= 11 is 6.25. The highest BCUT2D eigenvalue weighted by atomic mass is 35.5. The summed E-state index contributed by atoms with van der Waals surface area (Å²) in [6.07, 6.45) is 0.564. The van der Waals surface area contributed by atoms with Crippen LogP contribution in [0.5, 0.6) is 0 Å². The van der Waals surface area contributed by atoms with E-state index in [2.05, 4.69) is 0 Å². The Morgan fingerprint density at radius 2 is 2.00 bits per heavy atom. The Morgan fingerprint density at radius 1 is 1.23 bits per heavy atom. The molecule has 0 saturated heterocycles. The molecule has 0 unspecified atom stereocenters. The molecule has 0 spiro atoms. The summed E-state index contributed by atoms with van der Waals surface area (Å²) in [6, 6.07) is 11.6. The second kappa shape index (κ2) is 7.22. The minimum atomic E-state index is -0.616. The second-order valence-electron chi connectivity index (χ2n) is 7.98. The SMILES string of the molecule is CC(=O)N1CCc2c(c(-c3ccc(F)cc3)nn2[C@@H]2c3cc(Cl)ccc3C[C@H]2O)C1. The highest BCUT2D eigenvalue weighted by Gasteiger charge is 2.37. The molecule has 1 N–H and O–H groups in total. The number of aromatic nitrogens is 2. The summed E-state index contributed by atoms with van der Waals surface area (Å²) in [6.45, 7) is 2.61. The summed E-state index contributed by atoms with van der Waals surface area (Å²) in [5, 5.41) is 16.4. The quantitative estimate of drug-likeness (QED) is 0.680. The summed E-state index contributed by atoms with van der Waals surface area (Å²) in [4.78, 5) is 13.8. The minimum absolute atomic E-state index is 0.0106. The number of carbonyl (C=O) groups excluding carboxylic acids is 1. The van der Waals surface area contributed by atoms with Crippen molar-refractivity contribution in [3.63, 3.8) is 0 Å². The van der Waals surface area contributed by atoms with Gasteiger partial charge in [-0.25, -0.2) is 4.39 Å². The number of aliphatic hydroxyl groups is 1. The van der Waals surface area contributed by atoms with Crippen LogP contribution in [-0.4, -0.2) is 38.3 Å².